The second kappa shape index (κ2) is 6.75. The first-order chi connectivity index (χ1) is 13.4. The summed E-state index contributed by atoms with van der Waals surface area (Å²) in [6, 6.07) is 12.5. The Morgan fingerprint density at radius 1 is 1.11 bits per heavy atom. The zero-order chi connectivity index (χ0) is 19.7. The summed E-state index contributed by atoms with van der Waals surface area (Å²) in [5.41, 5.74) is 3.45. The Labute approximate surface area is 161 Å². The zero-order valence-corrected chi connectivity index (χ0v) is 15.6. The van der Waals surface area contributed by atoms with E-state index in [9.17, 15) is 8.42 Å². The normalized spacial score (nSPS) is 11.3. The number of imidazole rings is 1. The molecule has 0 aliphatic heterocycles. The van der Waals surface area contributed by atoms with E-state index in [2.05, 4.69) is 24.5 Å². The molecule has 0 bridgehead atoms. The maximum Gasteiger partial charge on any atom is 0.254 e. The summed E-state index contributed by atoms with van der Waals surface area (Å²) in [6.45, 7) is 7.28. The molecule has 0 spiro atoms. The highest BCUT2D eigenvalue weighted by molar-refractivity contribution is 7.92. The lowest BCUT2D eigenvalue weighted by molar-refractivity contribution is 0.606. The van der Waals surface area contributed by atoms with Crippen LogP contribution in [0.1, 0.15) is 0 Å². The molecule has 0 saturated carbocycles. The average molecular weight is 390 g/mol. The van der Waals surface area contributed by atoms with Crippen molar-refractivity contribution in [2.24, 2.45) is 0 Å². The molecule has 4 aromatic heterocycles. The van der Waals surface area contributed by atoms with Crippen LogP contribution in [0, 0.1) is 6.57 Å². The smallest absolute Gasteiger partial charge is 0.254 e. The van der Waals surface area contributed by atoms with Crippen molar-refractivity contribution in [3.8, 4) is 22.5 Å². The summed E-state index contributed by atoms with van der Waals surface area (Å²) >= 11 is 0. The van der Waals surface area contributed by atoms with E-state index in [1.807, 2.05) is 30.5 Å². The molecule has 0 fully saturated rings. The van der Waals surface area contributed by atoms with Crippen molar-refractivity contribution in [3.63, 3.8) is 0 Å². The molecule has 1 N–H and O–H groups in total. The highest BCUT2D eigenvalue weighted by Gasteiger charge is 2.14. The molecule has 4 rings (SSSR count). The summed E-state index contributed by atoms with van der Waals surface area (Å²) in [5, 5.41) is 0. The Kier molecular flexibility index (Phi) is 4.25. The fraction of sp³-hybridized carbons (Fsp3) is 0.0526. The second-order valence-corrected chi connectivity index (χ2v) is 7.80. The van der Waals surface area contributed by atoms with Gasteiger partial charge in [-0.05, 0) is 24.3 Å². The molecule has 0 unspecified atom stereocenters. The molecule has 8 nitrogen and oxygen atoms in total. The monoisotopic (exact) mass is 390 g/mol. The van der Waals surface area contributed by atoms with Gasteiger partial charge in [-0.3, -0.25) is 9.71 Å². The molecule has 0 amide bonds. The first-order valence-electron chi connectivity index (χ1n) is 8.20. The summed E-state index contributed by atoms with van der Waals surface area (Å²) in [5.74, 6) is 0.636. The van der Waals surface area contributed by atoms with Crippen LogP contribution in [-0.4, -0.2) is 34.0 Å². The largest absolute Gasteiger partial charge is 0.362 e. The number of hydrogen-bond donors (Lipinski definition) is 1. The first kappa shape index (κ1) is 17.6. The Morgan fingerprint density at radius 3 is 2.75 bits per heavy atom. The lowest BCUT2D eigenvalue weighted by Crippen LogP contribution is -2.11. The molecule has 0 aromatic carbocycles. The van der Waals surface area contributed by atoms with E-state index in [4.69, 9.17) is 6.57 Å². The summed E-state index contributed by atoms with van der Waals surface area (Å²) in [6.07, 6.45) is 6.08. The molecule has 28 heavy (non-hydrogen) atoms. The molecule has 0 radical (unpaired) electrons. The molecule has 4 aromatic rings. The average Bonchev–Trinajstić information content (AvgIpc) is 3.09. The Bertz CT molecular complexity index is 1340. The van der Waals surface area contributed by atoms with Crippen LogP contribution in [0.5, 0.6) is 0 Å². The SMILES string of the molecule is [C-]#[N+]c1cnc2ccc(-c3cccnc3-c3cccc(NS(C)(=O)=O)n3)cn12. The van der Waals surface area contributed by atoms with E-state index in [0.717, 1.165) is 17.4 Å². The zero-order valence-electron chi connectivity index (χ0n) is 14.7. The Morgan fingerprint density at radius 2 is 1.96 bits per heavy atom. The van der Waals surface area contributed by atoms with E-state index in [1.54, 1.807) is 28.8 Å². The number of rotatable bonds is 4. The number of nitrogens with zero attached hydrogens (tertiary/aromatic N) is 5. The van der Waals surface area contributed by atoms with Gasteiger partial charge in [-0.1, -0.05) is 18.7 Å². The predicted molar refractivity (Wildman–Crippen MR) is 106 cm³/mol. The molecular weight excluding hydrogens is 376 g/mol. The topological polar surface area (TPSA) is 93.6 Å². The third-order valence-corrected chi connectivity index (χ3v) is 4.58. The van der Waals surface area contributed by atoms with Gasteiger partial charge in [0.1, 0.15) is 5.82 Å². The third kappa shape index (κ3) is 3.41. The van der Waals surface area contributed by atoms with Gasteiger partial charge in [-0.25, -0.2) is 22.8 Å². The van der Waals surface area contributed by atoms with E-state index in [0.29, 0.717) is 22.9 Å². The van der Waals surface area contributed by atoms with E-state index in [1.165, 1.54) is 6.20 Å². The van der Waals surface area contributed by atoms with Gasteiger partial charge in [0.15, 0.2) is 0 Å². The number of hydrogen-bond acceptors (Lipinski definition) is 5. The van der Waals surface area contributed by atoms with Crippen LogP contribution in [0.15, 0.2) is 61.1 Å². The number of pyridine rings is 3. The van der Waals surface area contributed by atoms with Crippen molar-refractivity contribution < 1.29 is 8.42 Å². The fourth-order valence-corrected chi connectivity index (χ4v) is 3.36. The summed E-state index contributed by atoms with van der Waals surface area (Å²) in [7, 11) is -3.44. The molecule has 0 saturated heterocycles. The minimum Gasteiger partial charge on any atom is -0.362 e. The third-order valence-electron chi connectivity index (χ3n) is 4.00. The maximum atomic E-state index is 11.5. The quantitative estimate of drug-likeness (QED) is 0.539. The minimum atomic E-state index is -3.44. The van der Waals surface area contributed by atoms with Crippen LogP contribution in [0.3, 0.4) is 0 Å². The fourth-order valence-electron chi connectivity index (χ4n) is 2.87. The first-order valence-corrected chi connectivity index (χ1v) is 10.1. The van der Waals surface area contributed by atoms with E-state index in [-0.39, 0.29) is 5.82 Å². The van der Waals surface area contributed by atoms with E-state index >= 15 is 0 Å². The summed E-state index contributed by atoms with van der Waals surface area (Å²) < 4.78 is 27.1. The molecule has 0 aliphatic rings. The Hall–Kier alpha value is -3.77. The van der Waals surface area contributed by atoms with Crippen LogP contribution in [0.2, 0.25) is 0 Å². The molecular formula is C19H14N6O2S. The maximum absolute atomic E-state index is 11.5. The highest BCUT2D eigenvalue weighted by Crippen LogP contribution is 2.30. The lowest BCUT2D eigenvalue weighted by atomic mass is 10.0. The van der Waals surface area contributed by atoms with Gasteiger partial charge in [0.2, 0.25) is 15.7 Å². The molecule has 0 aliphatic carbocycles. The van der Waals surface area contributed by atoms with Gasteiger partial charge in [-0.2, -0.15) is 0 Å². The lowest BCUT2D eigenvalue weighted by Gasteiger charge is -2.10. The number of fused-ring (bicyclic) bond motifs is 1. The van der Waals surface area contributed by atoms with Gasteiger partial charge in [0.05, 0.1) is 30.0 Å². The van der Waals surface area contributed by atoms with Crippen molar-refractivity contribution in [1.29, 1.82) is 0 Å². The van der Waals surface area contributed by atoms with Gasteiger partial charge >= 0.3 is 0 Å². The summed E-state index contributed by atoms with van der Waals surface area (Å²) in [4.78, 5) is 16.5. The van der Waals surface area contributed by atoms with Gasteiger partial charge in [0.25, 0.3) is 5.82 Å². The minimum absolute atomic E-state index is 0.219. The second-order valence-electron chi connectivity index (χ2n) is 6.06. The van der Waals surface area contributed by atoms with Crippen LogP contribution in [0.4, 0.5) is 11.6 Å². The number of anilines is 1. The van der Waals surface area contributed by atoms with Crippen LogP contribution < -0.4 is 4.72 Å². The van der Waals surface area contributed by atoms with Crippen molar-refractivity contribution in [2.45, 2.75) is 0 Å². The van der Waals surface area contributed by atoms with Crippen molar-refractivity contribution >= 4 is 27.3 Å². The number of aromatic nitrogens is 4. The molecule has 4 heterocycles. The van der Waals surface area contributed by atoms with Crippen molar-refractivity contribution in [2.75, 3.05) is 11.0 Å². The van der Waals surface area contributed by atoms with Crippen LogP contribution >= 0.6 is 0 Å². The van der Waals surface area contributed by atoms with Crippen LogP contribution in [0.25, 0.3) is 33.0 Å². The van der Waals surface area contributed by atoms with Crippen LogP contribution in [-0.2, 0) is 10.0 Å². The van der Waals surface area contributed by atoms with Crippen molar-refractivity contribution in [1.82, 2.24) is 19.4 Å². The van der Waals surface area contributed by atoms with E-state index < -0.39 is 10.0 Å². The molecule has 0 atom stereocenters. The van der Waals surface area contributed by atoms with Crippen molar-refractivity contribution in [3.05, 3.63) is 72.5 Å². The number of sulfonamides is 1. The standard InChI is InChI=1S/C19H14N6O2S/c1-20-18-11-22-17-9-8-13(12-25(17)18)14-5-4-10-21-19(14)15-6-3-7-16(23-15)24-28(2,26)27/h3-12H,2H3,(H,23,24). The number of nitrogens with one attached hydrogen (secondary N) is 1. The highest BCUT2D eigenvalue weighted by atomic mass is 32.2. The Balaban J connectivity index is 1.85. The van der Waals surface area contributed by atoms with Gasteiger partial charge < -0.3 is 4.85 Å². The van der Waals surface area contributed by atoms with Gasteiger partial charge in [0, 0.05) is 23.4 Å². The predicted octanol–water partition coefficient (Wildman–Crippen LogP) is 3.38. The molecule has 138 valence electrons. The molecule has 9 heteroatoms. The van der Waals surface area contributed by atoms with Gasteiger partial charge in [-0.15, -0.1) is 0 Å².